The van der Waals surface area contributed by atoms with Crippen LogP contribution in [0.1, 0.15) is 44.9 Å². The Hall–Kier alpha value is -5.74. The lowest BCUT2D eigenvalue weighted by Gasteiger charge is -2.28. The van der Waals surface area contributed by atoms with Crippen LogP contribution in [0, 0.1) is 20.8 Å². The van der Waals surface area contributed by atoms with Crippen molar-refractivity contribution in [3.8, 4) is 22.6 Å². The minimum Gasteiger partial charge on any atom is -0.469 e. The van der Waals surface area contributed by atoms with Gasteiger partial charge in [0, 0.05) is 28.1 Å². The number of anilines is 4. The van der Waals surface area contributed by atoms with E-state index in [1.165, 1.54) is 39.2 Å². The largest absolute Gasteiger partial charge is 0.469 e. The summed E-state index contributed by atoms with van der Waals surface area (Å²) in [7, 11) is 0. The van der Waals surface area contributed by atoms with Crippen LogP contribution >= 0.6 is 0 Å². The van der Waals surface area contributed by atoms with Gasteiger partial charge in [0.05, 0.1) is 17.3 Å². The summed E-state index contributed by atoms with van der Waals surface area (Å²) in [5, 5.41) is 1.94. The van der Waals surface area contributed by atoms with Crippen LogP contribution in [0.3, 0.4) is 0 Å². The number of para-hydroxylation sites is 2. The number of nitrogens with zero attached hydrogens (tertiary/aromatic N) is 2. The zero-order valence-corrected chi connectivity index (χ0v) is 26.7. The molecule has 6 aromatic rings. The number of ether oxygens (including phenoxy) is 1. The van der Waals surface area contributed by atoms with Gasteiger partial charge in [-0.25, -0.2) is 0 Å². The maximum atomic E-state index is 6.71. The minimum absolute atomic E-state index is 0.134. The molecule has 0 aliphatic carbocycles. The van der Waals surface area contributed by atoms with Crippen LogP contribution in [-0.2, 0) is 0 Å². The van der Waals surface area contributed by atoms with Gasteiger partial charge in [0.15, 0.2) is 12.0 Å². The van der Waals surface area contributed by atoms with Gasteiger partial charge in [0.25, 0.3) is 0 Å². The maximum absolute atomic E-state index is 6.71. The van der Waals surface area contributed by atoms with E-state index in [2.05, 4.69) is 141 Å². The lowest BCUT2D eigenvalue weighted by molar-refractivity contribution is 0.234. The van der Waals surface area contributed by atoms with Crippen LogP contribution in [0.4, 0.5) is 22.7 Å². The van der Waals surface area contributed by atoms with Crippen molar-refractivity contribution in [3.05, 3.63) is 173 Å². The molecule has 47 heavy (non-hydrogen) atoms. The first-order chi connectivity index (χ1) is 22.9. The monoisotopic (exact) mass is 610 g/mol. The molecule has 0 saturated carbocycles. The predicted octanol–water partition coefficient (Wildman–Crippen LogP) is 10.8. The van der Waals surface area contributed by atoms with Crippen molar-refractivity contribution in [1.29, 1.82) is 0 Å². The van der Waals surface area contributed by atoms with Crippen molar-refractivity contribution in [2.45, 2.75) is 32.9 Å². The van der Waals surface area contributed by atoms with Gasteiger partial charge < -0.3 is 14.5 Å². The lowest BCUT2D eigenvalue weighted by atomic mass is 9.91. The SMILES string of the molecule is C=C1c2ccccc2ON(c2ccc(C)cc2)c2cc(-c3ccc4c(c3)N(c3ccc(C)cc3C)C3Oc5ccccc5C43)ccc21. The average molecular weight is 611 g/mol. The third kappa shape index (κ3) is 4.29. The topological polar surface area (TPSA) is 24.9 Å². The van der Waals surface area contributed by atoms with Crippen LogP contribution in [0.15, 0.2) is 134 Å². The van der Waals surface area contributed by atoms with E-state index in [1.54, 1.807) is 0 Å². The van der Waals surface area contributed by atoms with E-state index in [-0.39, 0.29) is 12.1 Å². The Labute approximate surface area is 275 Å². The quantitative estimate of drug-likeness (QED) is 0.199. The fourth-order valence-electron chi connectivity index (χ4n) is 7.49. The summed E-state index contributed by atoms with van der Waals surface area (Å²) in [5.41, 5.74) is 15.7. The molecule has 2 atom stereocenters. The molecule has 0 aromatic heterocycles. The minimum atomic E-state index is -0.140. The van der Waals surface area contributed by atoms with E-state index in [4.69, 9.17) is 9.57 Å². The normalized spacial score (nSPS) is 17.1. The van der Waals surface area contributed by atoms with Crippen molar-refractivity contribution in [1.82, 2.24) is 0 Å². The van der Waals surface area contributed by atoms with Gasteiger partial charge >= 0.3 is 0 Å². The van der Waals surface area contributed by atoms with Gasteiger partial charge in [-0.2, -0.15) is 5.06 Å². The number of fused-ring (bicyclic) bond motifs is 7. The van der Waals surface area contributed by atoms with E-state index in [0.29, 0.717) is 0 Å². The summed E-state index contributed by atoms with van der Waals surface area (Å²) in [6.45, 7) is 11.0. The number of hydrogen-bond acceptors (Lipinski definition) is 4. The van der Waals surface area contributed by atoms with Gasteiger partial charge in [-0.1, -0.05) is 103 Å². The van der Waals surface area contributed by atoms with Crippen LogP contribution in [0.5, 0.6) is 11.5 Å². The summed E-state index contributed by atoms with van der Waals surface area (Å²) in [5.74, 6) is 1.88. The molecule has 3 aliphatic rings. The third-order valence-corrected chi connectivity index (χ3v) is 9.82. The molecule has 4 nitrogen and oxygen atoms in total. The standard InChI is InChI=1S/C43H34N2O2/c1-26-13-18-32(19-14-26)45-39-25-31(16-20-33(39)29(4)34-9-5-8-12-41(34)47-45)30-17-21-35-38(24-30)44(37-22-15-27(2)23-28(37)3)43-42(35)36-10-6-7-11-40(36)46-43/h5-25,42-43H,4H2,1-3H3. The van der Waals surface area contributed by atoms with Gasteiger partial charge in [-0.15, -0.1) is 0 Å². The van der Waals surface area contributed by atoms with Crippen molar-refractivity contribution >= 4 is 28.3 Å². The van der Waals surface area contributed by atoms with E-state index in [0.717, 1.165) is 50.7 Å². The van der Waals surface area contributed by atoms with Crippen molar-refractivity contribution in [3.63, 3.8) is 0 Å². The van der Waals surface area contributed by atoms with Crippen molar-refractivity contribution < 1.29 is 9.57 Å². The Balaban J connectivity index is 1.20. The molecule has 6 aromatic carbocycles. The summed E-state index contributed by atoms with van der Waals surface area (Å²) in [6.07, 6.45) is -0.140. The summed E-state index contributed by atoms with van der Waals surface area (Å²) in [6, 6.07) is 45.2. The molecule has 3 heterocycles. The molecule has 0 amide bonds. The molecule has 0 radical (unpaired) electrons. The highest BCUT2D eigenvalue weighted by molar-refractivity contribution is 5.92. The highest BCUT2D eigenvalue weighted by atomic mass is 16.7. The second kappa shape index (κ2) is 10.4. The second-order valence-corrected chi connectivity index (χ2v) is 12.9. The maximum Gasteiger partial charge on any atom is 0.187 e. The Morgan fingerprint density at radius 3 is 2.09 bits per heavy atom. The van der Waals surface area contributed by atoms with E-state index < -0.39 is 0 Å². The molecule has 2 unspecified atom stereocenters. The van der Waals surface area contributed by atoms with Gasteiger partial charge in [-0.05, 0) is 91.1 Å². The first-order valence-electron chi connectivity index (χ1n) is 16.2. The summed E-state index contributed by atoms with van der Waals surface area (Å²) < 4.78 is 6.71. The Bertz CT molecular complexity index is 2230. The number of benzene rings is 6. The fraction of sp³-hybridized carbons (Fsp3) is 0.116. The highest BCUT2D eigenvalue weighted by Crippen LogP contribution is 2.55. The average Bonchev–Trinajstić information content (AvgIpc) is 3.58. The Morgan fingerprint density at radius 1 is 0.574 bits per heavy atom. The van der Waals surface area contributed by atoms with Crippen LogP contribution in [-0.4, -0.2) is 6.23 Å². The van der Waals surface area contributed by atoms with Crippen LogP contribution < -0.4 is 19.5 Å². The van der Waals surface area contributed by atoms with Gasteiger partial charge in [0.1, 0.15) is 5.75 Å². The molecule has 0 saturated heterocycles. The lowest BCUT2D eigenvalue weighted by Crippen LogP contribution is -2.32. The van der Waals surface area contributed by atoms with Crippen molar-refractivity contribution in [2.24, 2.45) is 0 Å². The summed E-state index contributed by atoms with van der Waals surface area (Å²) >= 11 is 0. The smallest absolute Gasteiger partial charge is 0.187 e. The Morgan fingerprint density at radius 2 is 1.28 bits per heavy atom. The van der Waals surface area contributed by atoms with Gasteiger partial charge in [0.2, 0.25) is 0 Å². The zero-order valence-electron chi connectivity index (χ0n) is 26.7. The van der Waals surface area contributed by atoms with Crippen LogP contribution in [0.2, 0.25) is 0 Å². The molecular weight excluding hydrogens is 576 g/mol. The molecule has 0 bridgehead atoms. The van der Waals surface area contributed by atoms with Crippen LogP contribution in [0.25, 0.3) is 16.7 Å². The van der Waals surface area contributed by atoms with E-state index in [9.17, 15) is 0 Å². The Kier molecular flexibility index (Phi) is 6.10. The first kappa shape index (κ1) is 27.6. The highest BCUT2D eigenvalue weighted by Gasteiger charge is 2.47. The molecule has 3 aliphatic heterocycles. The fourth-order valence-corrected chi connectivity index (χ4v) is 7.49. The molecule has 0 N–H and O–H groups in total. The van der Waals surface area contributed by atoms with E-state index >= 15 is 0 Å². The molecule has 0 spiro atoms. The molecule has 0 fully saturated rings. The number of aryl methyl sites for hydroxylation is 3. The molecule has 228 valence electrons. The molecular formula is C43H34N2O2. The molecule has 9 rings (SSSR count). The van der Waals surface area contributed by atoms with E-state index in [1.807, 2.05) is 23.3 Å². The second-order valence-electron chi connectivity index (χ2n) is 12.9. The third-order valence-electron chi connectivity index (χ3n) is 9.82. The zero-order chi connectivity index (χ0) is 31.8. The van der Waals surface area contributed by atoms with Gasteiger partial charge in [-0.3, -0.25) is 0 Å². The number of rotatable bonds is 3. The summed E-state index contributed by atoms with van der Waals surface area (Å²) in [4.78, 5) is 9.08. The first-order valence-corrected chi connectivity index (χ1v) is 16.2. The predicted molar refractivity (Wildman–Crippen MR) is 191 cm³/mol. The number of hydrogen-bond donors (Lipinski definition) is 0. The molecule has 4 heteroatoms. The van der Waals surface area contributed by atoms with Crippen molar-refractivity contribution in [2.75, 3.05) is 9.96 Å².